The molecule has 0 spiro atoms. The van der Waals surface area contributed by atoms with Crippen LogP contribution >= 0.6 is 0 Å². The van der Waals surface area contributed by atoms with Gasteiger partial charge in [-0.05, 0) is 44.5 Å². The van der Waals surface area contributed by atoms with Crippen molar-refractivity contribution >= 4 is 12.0 Å². The molecule has 0 aromatic heterocycles. The van der Waals surface area contributed by atoms with Crippen molar-refractivity contribution in [2.45, 2.75) is 33.4 Å². The predicted molar refractivity (Wildman–Crippen MR) is 121 cm³/mol. The standard InChI is InChI=1S/C25H31N3O3/c1-6-31-24(29)22-21(16-27(4)15-19-10-8-7-9-11-19)28(5)25(30)26-23(22)20-14-17(2)12-13-18(20)3/h7-14,23H,6,15-16H2,1-5H3,(H,26,30)/t23-/m1/s1. The van der Waals surface area contributed by atoms with Gasteiger partial charge in [-0.3, -0.25) is 9.80 Å². The molecule has 0 fully saturated rings. The Morgan fingerprint density at radius 2 is 1.84 bits per heavy atom. The third-order valence-electron chi connectivity index (χ3n) is 5.53. The van der Waals surface area contributed by atoms with Crippen LogP contribution in [0.15, 0.2) is 59.8 Å². The van der Waals surface area contributed by atoms with Crippen LogP contribution in [0.4, 0.5) is 4.79 Å². The zero-order valence-electron chi connectivity index (χ0n) is 18.9. The summed E-state index contributed by atoms with van der Waals surface area (Å²) in [5.41, 5.74) is 5.30. The van der Waals surface area contributed by atoms with Crippen LogP contribution in [0.5, 0.6) is 0 Å². The Balaban J connectivity index is 2.04. The maximum Gasteiger partial charge on any atom is 0.338 e. The molecule has 2 aromatic carbocycles. The normalized spacial score (nSPS) is 16.5. The quantitative estimate of drug-likeness (QED) is 0.688. The molecule has 2 amide bonds. The first-order valence-corrected chi connectivity index (χ1v) is 10.6. The highest BCUT2D eigenvalue weighted by molar-refractivity contribution is 5.95. The minimum atomic E-state index is -0.553. The summed E-state index contributed by atoms with van der Waals surface area (Å²) < 4.78 is 5.42. The number of carbonyl (C=O) groups is 2. The summed E-state index contributed by atoms with van der Waals surface area (Å²) in [4.78, 5) is 29.6. The lowest BCUT2D eigenvalue weighted by Crippen LogP contribution is -2.49. The third kappa shape index (κ3) is 5.14. The van der Waals surface area contributed by atoms with Crippen LogP contribution in [0.1, 0.15) is 35.2 Å². The predicted octanol–water partition coefficient (Wildman–Crippen LogP) is 3.95. The van der Waals surface area contributed by atoms with Gasteiger partial charge in [0.2, 0.25) is 0 Å². The number of likely N-dealkylation sites (N-methyl/N-ethyl adjacent to an activating group) is 2. The molecule has 0 saturated carbocycles. The summed E-state index contributed by atoms with van der Waals surface area (Å²) in [6, 6.07) is 15.4. The summed E-state index contributed by atoms with van der Waals surface area (Å²) in [6.07, 6.45) is 0. The smallest absolute Gasteiger partial charge is 0.338 e. The molecule has 2 aromatic rings. The van der Waals surface area contributed by atoms with E-state index in [1.807, 2.05) is 57.3 Å². The van der Waals surface area contributed by atoms with Crippen molar-refractivity contribution in [3.05, 3.63) is 82.1 Å². The van der Waals surface area contributed by atoms with Crippen LogP contribution in [-0.4, -0.2) is 49.0 Å². The molecular formula is C25H31N3O3. The molecule has 6 heteroatoms. The second kappa shape index (κ2) is 9.79. The molecule has 0 saturated heterocycles. The molecule has 0 unspecified atom stereocenters. The molecule has 0 radical (unpaired) electrons. The lowest BCUT2D eigenvalue weighted by Gasteiger charge is -2.36. The van der Waals surface area contributed by atoms with Gasteiger partial charge in [0.25, 0.3) is 0 Å². The van der Waals surface area contributed by atoms with Crippen LogP contribution in [0, 0.1) is 13.8 Å². The van der Waals surface area contributed by atoms with E-state index in [1.165, 1.54) is 4.90 Å². The zero-order chi connectivity index (χ0) is 22.5. The van der Waals surface area contributed by atoms with E-state index in [-0.39, 0.29) is 12.6 Å². The van der Waals surface area contributed by atoms with Gasteiger partial charge in [0, 0.05) is 25.8 Å². The van der Waals surface area contributed by atoms with Crippen molar-refractivity contribution in [1.29, 1.82) is 0 Å². The fourth-order valence-electron chi connectivity index (χ4n) is 3.91. The van der Waals surface area contributed by atoms with E-state index < -0.39 is 12.0 Å². The van der Waals surface area contributed by atoms with E-state index in [0.717, 1.165) is 22.3 Å². The van der Waals surface area contributed by atoms with Gasteiger partial charge >= 0.3 is 12.0 Å². The molecule has 164 valence electrons. The largest absolute Gasteiger partial charge is 0.463 e. The maximum atomic E-state index is 13.1. The van der Waals surface area contributed by atoms with Crippen molar-refractivity contribution < 1.29 is 14.3 Å². The Hall–Kier alpha value is -3.12. The summed E-state index contributed by atoms with van der Waals surface area (Å²) >= 11 is 0. The van der Waals surface area contributed by atoms with Gasteiger partial charge in [-0.1, -0.05) is 54.1 Å². The number of esters is 1. The number of nitrogens with one attached hydrogen (secondary N) is 1. The lowest BCUT2D eigenvalue weighted by molar-refractivity contribution is -0.139. The summed E-state index contributed by atoms with van der Waals surface area (Å²) in [5.74, 6) is -0.400. The third-order valence-corrected chi connectivity index (χ3v) is 5.53. The van der Waals surface area contributed by atoms with E-state index in [0.29, 0.717) is 24.4 Å². The van der Waals surface area contributed by atoms with Gasteiger partial charge < -0.3 is 10.1 Å². The highest BCUT2D eigenvalue weighted by Gasteiger charge is 2.37. The Kier molecular flexibility index (Phi) is 7.13. The number of hydrogen-bond acceptors (Lipinski definition) is 4. The molecule has 1 aliphatic rings. The van der Waals surface area contributed by atoms with Gasteiger partial charge in [0.15, 0.2) is 0 Å². The average molecular weight is 422 g/mol. The van der Waals surface area contributed by atoms with Crippen LogP contribution in [-0.2, 0) is 16.1 Å². The SMILES string of the molecule is CCOC(=O)C1=C(CN(C)Cc2ccccc2)N(C)C(=O)N[C@@H]1c1cc(C)ccc1C. The second-order valence-corrected chi connectivity index (χ2v) is 8.04. The van der Waals surface area contributed by atoms with E-state index in [9.17, 15) is 9.59 Å². The van der Waals surface area contributed by atoms with Crippen LogP contribution in [0.3, 0.4) is 0 Å². The highest BCUT2D eigenvalue weighted by atomic mass is 16.5. The minimum absolute atomic E-state index is 0.234. The second-order valence-electron chi connectivity index (χ2n) is 8.04. The van der Waals surface area contributed by atoms with Crippen LogP contribution in [0.2, 0.25) is 0 Å². The molecule has 1 heterocycles. The fourth-order valence-corrected chi connectivity index (χ4v) is 3.91. The molecule has 0 aliphatic carbocycles. The van der Waals surface area contributed by atoms with Gasteiger partial charge in [-0.15, -0.1) is 0 Å². The molecule has 31 heavy (non-hydrogen) atoms. The van der Waals surface area contributed by atoms with E-state index in [1.54, 1.807) is 14.0 Å². The zero-order valence-corrected chi connectivity index (χ0v) is 18.9. The average Bonchev–Trinajstić information content (AvgIpc) is 2.73. The van der Waals surface area contributed by atoms with Crippen molar-refractivity contribution in [1.82, 2.24) is 15.1 Å². The molecule has 0 bridgehead atoms. The topological polar surface area (TPSA) is 61.9 Å². The Morgan fingerprint density at radius 3 is 2.52 bits per heavy atom. The van der Waals surface area contributed by atoms with E-state index in [4.69, 9.17) is 4.74 Å². The summed E-state index contributed by atoms with van der Waals surface area (Å²) in [5, 5.41) is 3.00. The van der Waals surface area contributed by atoms with Gasteiger partial charge in [-0.25, -0.2) is 9.59 Å². The summed E-state index contributed by atoms with van der Waals surface area (Å²) in [7, 11) is 3.68. The Labute approximate surface area is 184 Å². The molecule has 1 aliphatic heterocycles. The first-order chi connectivity index (χ1) is 14.8. The minimum Gasteiger partial charge on any atom is -0.463 e. The number of aryl methyl sites for hydroxylation is 2. The van der Waals surface area contributed by atoms with Crippen LogP contribution < -0.4 is 5.32 Å². The maximum absolute atomic E-state index is 13.1. The monoisotopic (exact) mass is 421 g/mol. The van der Waals surface area contributed by atoms with Gasteiger partial charge in [-0.2, -0.15) is 0 Å². The first-order valence-electron chi connectivity index (χ1n) is 10.6. The highest BCUT2D eigenvalue weighted by Crippen LogP contribution is 2.33. The van der Waals surface area contributed by atoms with E-state index >= 15 is 0 Å². The molecule has 6 nitrogen and oxygen atoms in total. The van der Waals surface area contributed by atoms with Crippen molar-refractivity contribution in [3.8, 4) is 0 Å². The van der Waals surface area contributed by atoms with Gasteiger partial charge in [0.1, 0.15) is 0 Å². The fraction of sp³-hybridized carbons (Fsp3) is 0.360. The number of amides is 2. The number of urea groups is 1. The number of ether oxygens (including phenoxy) is 1. The Morgan fingerprint density at radius 1 is 1.13 bits per heavy atom. The van der Waals surface area contributed by atoms with Crippen LogP contribution in [0.25, 0.3) is 0 Å². The molecule has 1 N–H and O–H groups in total. The van der Waals surface area contributed by atoms with Gasteiger partial charge in [0.05, 0.1) is 18.2 Å². The first kappa shape index (κ1) is 22.6. The molecule has 3 rings (SSSR count). The van der Waals surface area contributed by atoms with E-state index in [2.05, 4.69) is 22.3 Å². The number of hydrogen-bond donors (Lipinski definition) is 1. The molecule has 1 atom stereocenters. The Bertz CT molecular complexity index is 985. The number of nitrogens with zero attached hydrogens (tertiary/aromatic N) is 2. The number of carbonyl (C=O) groups excluding carboxylic acids is 2. The summed E-state index contributed by atoms with van der Waals surface area (Å²) in [6.45, 7) is 7.19. The molecular weight excluding hydrogens is 390 g/mol. The van der Waals surface area contributed by atoms with Crippen molar-refractivity contribution in [2.24, 2.45) is 0 Å². The number of benzene rings is 2. The lowest BCUT2D eigenvalue weighted by atomic mass is 9.90. The number of rotatable bonds is 7. The van der Waals surface area contributed by atoms with Crippen molar-refractivity contribution in [2.75, 3.05) is 27.2 Å². The van der Waals surface area contributed by atoms with Crippen molar-refractivity contribution in [3.63, 3.8) is 0 Å².